The summed E-state index contributed by atoms with van der Waals surface area (Å²) in [7, 11) is 0. The highest BCUT2D eigenvalue weighted by molar-refractivity contribution is 5.71. The molecule has 0 saturated carbocycles. The predicted octanol–water partition coefficient (Wildman–Crippen LogP) is 20.5. The van der Waals surface area contributed by atoms with Crippen LogP contribution in [0.5, 0.6) is 0 Å². The summed E-state index contributed by atoms with van der Waals surface area (Å²) in [5.74, 6) is -0.890. The van der Waals surface area contributed by atoms with E-state index in [1.807, 2.05) is 0 Å². The number of allylic oxidation sites excluding steroid dienone is 12. The summed E-state index contributed by atoms with van der Waals surface area (Å²) in [6, 6.07) is 0. The molecule has 0 bridgehead atoms. The van der Waals surface area contributed by atoms with Gasteiger partial charge in [-0.05, 0) is 70.6 Å². The zero-order valence-corrected chi connectivity index (χ0v) is 47.0. The molecule has 0 aromatic carbocycles. The first-order valence-electron chi connectivity index (χ1n) is 30.4. The van der Waals surface area contributed by atoms with Crippen LogP contribution in [0.3, 0.4) is 0 Å². The zero-order valence-electron chi connectivity index (χ0n) is 47.0. The summed E-state index contributed by atoms with van der Waals surface area (Å²) in [6.45, 7) is 6.54. The number of ether oxygens (including phenoxy) is 3. The van der Waals surface area contributed by atoms with Crippen LogP contribution in [0.4, 0.5) is 0 Å². The van der Waals surface area contributed by atoms with Crippen LogP contribution in [0.15, 0.2) is 72.9 Å². The van der Waals surface area contributed by atoms with E-state index >= 15 is 0 Å². The Balaban J connectivity index is 4.38. The van der Waals surface area contributed by atoms with Crippen molar-refractivity contribution in [1.29, 1.82) is 0 Å². The highest BCUT2D eigenvalue weighted by atomic mass is 16.6. The molecule has 0 amide bonds. The lowest BCUT2D eigenvalue weighted by Gasteiger charge is -2.18. The number of carbonyl (C=O) groups excluding carboxylic acids is 3. The molecule has 0 saturated heterocycles. The molecule has 0 aliphatic heterocycles. The molecule has 0 aliphatic rings. The van der Waals surface area contributed by atoms with Gasteiger partial charge in [-0.1, -0.05) is 286 Å². The molecular weight excluding hydrogens is 877 g/mol. The van der Waals surface area contributed by atoms with Crippen LogP contribution in [0, 0.1) is 0 Å². The molecule has 0 rings (SSSR count). The standard InChI is InChI=1S/C65H114O6/c1-4-7-10-13-16-19-22-25-28-30-31-32-33-34-35-36-38-40-43-46-49-52-55-58-64(67)70-61-62(60-69-63(66)57-54-51-48-45-42-39-27-24-21-18-15-12-9-6-3)71-65(68)59-56-53-50-47-44-41-37-29-26-23-20-17-14-11-8-5-2/h7,10,16,19,25,28,31-32,34-35,38,40,62H,4-6,8-9,11-15,17-18,20-24,26-27,29-30,33,36-37,39,41-61H2,1-3H3/b10-7-,19-16-,28-25-,32-31-,35-34-,40-38-. The van der Waals surface area contributed by atoms with E-state index in [1.165, 1.54) is 154 Å². The Hall–Kier alpha value is -3.15. The Kier molecular flexibility index (Phi) is 56.8. The molecule has 0 aromatic heterocycles. The van der Waals surface area contributed by atoms with Crippen LogP contribution in [-0.2, 0) is 28.6 Å². The first kappa shape index (κ1) is 67.8. The fourth-order valence-corrected chi connectivity index (χ4v) is 8.68. The minimum absolute atomic E-state index is 0.0794. The van der Waals surface area contributed by atoms with Crippen molar-refractivity contribution in [2.45, 2.75) is 309 Å². The molecule has 0 radical (unpaired) electrons. The van der Waals surface area contributed by atoms with Gasteiger partial charge in [-0.25, -0.2) is 0 Å². The van der Waals surface area contributed by atoms with Crippen molar-refractivity contribution in [2.75, 3.05) is 13.2 Å². The first-order valence-corrected chi connectivity index (χ1v) is 30.4. The molecule has 1 unspecified atom stereocenters. The van der Waals surface area contributed by atoms with Gasteiger partial charge in [0.2, 0.25) is 0 Å². The number of rotatable bonds is 55. The fraction of sp³-hybridized carbons (Fsp3) is 0.769. The number of carbonyl (C=O) groups is 3. The maximum Gasteiger partial charge on any atom is 0.306 e. The van der Waals surface area contributed by atoms with Gasteiger partial charge in [0.1, 0.15) is 13.2 Å². The Bertz CT molecular complexity index is 1320. The fourth-order valence-electron chi connectivity index (χ4n) is 8.68. The van der Waals surface area contributed by atoms with Crippen molar-refractivity contribution in [2.24, 2.45) is 0 Å². The van der Waals surface area contributed by atoms with E-state index in [4.69, 9.17) is 14.2 Å². The molecule has 0 aliphatic carbocycles. The minimum atomic E-state index is -0.783. The smallest absolute Gasteiger partial charge is 0.306 e. The monoisotopic (exact) mass is 991 g/mol. The summed E-state index contributed by atoms with van der Waals surface area (Å²) in [5, 5.41) is 0. The van der Waals surface area contributed by atoms with Crippen LogP contribution in [-0.4, -0.2) is 37.2 Å². The van der Waals surface area contributed by atoms with Crippen LogP contribution in [0.2, 0.25) is 0 Å². The number of unbranched alkanes of at least 4 members (excludes halogenated alkanes) is 32. The van der Waals surface area contributed by atoms with E-state index in [0.717, 1.165) is 109 Å². The molecule has 0 N–H and O–H groups in total. The van der Waals surface area contributed by atoms with Crippen LogP contribution >= 0.6 is 0 Å². The van der Waals surface area contributed by atoms with Crippen LogP contribution < -0.4 is 0 Å². The lowest BCUT2D eigenvalue weighted by molar-refractivity contribution is -0.167. The quantitative estimate of drug-likeness (QED) is 0.0261. The molecule has 0 heterocycles. The molecule has 0 fully saturated rings. The largest absolute Gasteiger partial charge is 0.462 e. The van der Waals surface area contributed by atoms with Gasteiger partial charge in [0.15, 0.2) is 6.10 Å². The van der Waals surface area contributed by atoms with Crippen molar-refractivity contribution < 1.29 is 28.6 Å². The lowest BCUT2D eigenvalue weighted by Crippen LogP contribution is -2.30. The molecule has 410 valence electrons. The van der Waals surface area contributed by atoms with Gasteiger partial charge in [-0.2, -0.15) is 0 Å². The van der Waals surface area contributed by atoms with Crippen molar-refractivity contribution in [1.82, 2.24) is 0 Å². The molecule has 6 heteroatoms. The van der Waals surface area contributed by atoms with Gasteiger partial charge < -0.3 is 14.2 Å². The van der Waals surface area contributed by atoms with Crippen LogP contribution in [0.1, 0.15) is 303 Å². The third kappa shape index (κ3) is 57.6. The van der Waals surface area contributed by atoms with Gasteiger partial charge in [-0.3, -0.25) is 14.4 Å². The second-order valence-corrected chi connectivity index (χ2v) is 20.2. The van der Waals surface area contributed by atoms with Gasteiger partial charge in [0, 0.05) is 19.3 Å². The van der Waals surface area contributed by atoms with E-state index in [0.29, 0.717) is 19.3 Å². The Morgan fingerprint density at radius 3 is 0.859 bits per heavy atom. The van der Waals surface area contributed by atoms with E-state index in [-0.39, 0.29) is 31.1 Å². The van der Waals surface area contributed by atoms with Gasteiger partial charge in [0.05, 0.1) is 0 Å². The Labute approximate surface area is 440 Å². The molecule has 6 nitrogen and oxygen atoms in total. The number of esters is 3. The molecular formula is C65H114O6. The zero-order chi connectivity index (χ0) is 51.4. The molecule has 0 spiro atoms. The van der Waals surface area contributed by atoms with Crippen LogP contribution in [0.25, 0.3) is 0 Å². The predicted molar refractivity (Wildman–Crippen MR) is 307 cm³/mol. The van der Waals surface area contributed by atoms with Crippen molar-refractivity contribution in [3.63, 3.8) is 0 Å². The number of hydrogen-bond donors (Lipinski definition) is 0. The summed E-state index contributed by atoms with van der Waals surface area (Å²) >= 11 is 0. The maximum atomic E-state index is 12.9. The minimum Gasteiger partial charge on any atom is -0.462 e. The van der Waals surface area contributed by atoms with E-state index < -0.39 is 6.10 Å². The Morgan fingerprint density at radius 2 is 0.549 bits per heavy atom. The summed E-state index contributed by atoms with van der Waals surface area (Å²) in [5.41, 5.74) is 0. The third-order valence-corrected chi connectivity index (χ3v) is 13.2. The summed E-state index contributed by atoms with van der Waals surface area (Å²) in [4.78, 5) is 38.2. The normalized spacial score (nSPS) is 12.5. The first-order chi connectivity index (χ1) is 35.0. The second-order valence-electron chi connectivity index (χ2n) is 20.2. The number of hydrogen-bond acceptors (Lipinski definition) is 6. The van der Waals surface area contributed by atoms with E-state index in [2.05, 4.69) is 93.7 Å². The second kappa shape index (κ2) is 59.4. The highest BCUT2D eigenvalue weighted by Crippen LogP contribution is 2.17. The molecule has 71 heavy (non-hydrogen) atoms. The lowest BCUT2D eigenvalue weighted by atomic mass is 10.0. The molecule has 0 aromatic rings. The summed E-state index contributed by atoms with van der Waals surface area (Å²) < 4.78 is 16.9. The van der Waals surface area contributed by atoms with Crippen molar-refractivity contribution in [3.05, 3.63) is 72.9 Å². The molecule has 1 atom stereocenters. The summed E-state index contributed by atoms with van der Waals surface area (Å²) in [6.07, 6.45) is 76.1. The third-order valence-electron chi connectivity index (χ3n) is 13.2. The average molecular weight is 992 g/mol. The van der Waals surface area contributed by atoms with Crippen molar-refractivity contribution >= 4 is 17.9 Å². The van der Waals surface area contributed by atoms with Gasteiger partial charge in [-0.15, -0.1) is 0 Å². The highest BCUT2D eigenvalue weighted by Gasteiger charge is 2.19. The van der Waals surface area contributed by atoms with Gasteiger partial charge >= 0.3 is 17.9 Å². The van der Waals surface area contributed by atoms with Gasteiger partial charge in [0.25, 0.3) is 0 Å². The van der Waals surface area contributed by atoms with E-state index in [1.54, 1.807) is 0 Å². The van der Waals surface area contributed by atoms with E-state index in [9.17, 15) is 14.4 Å². The SMILES string of the molecule is CC/C=C\C/C=C\C/C=C\C/C=C\C/C=C\C/C=C\CCCCCCC(=O)OCC(COC(=O)CCCCCCCCCCCCCCCC)OC(=O)CCCCCCCCCCCCCCCCCC. The maximum absolute atomic E-state index is 12.9. The topological polar surface area (TPSA) is 78.9 Å². The average Bonchev–Trinajstić information content (AvgIpc) is 3.37. The Morgan fingerprint density at radius 1 is 0.296 bits per heavy atom. The van der Waals surface area contributed by atoms with Crippen molar-refractivity contribution in [3.8, 4) is 0 Å².